The summed E-state index contributed by atoms with van der Waals surface area (Å²) < 4.78 is 152. The molecule has 1 aromatic carbocycles. The second kappa shape index (κ2) is 11.1. The Hall–Kier alpha value is -2.74. The van der Waals surface area contributed by atoms with Gasteiger partial charge in [0.25, 0.3) is 0 Å². The van der Waals surface area contributed by atoms with Crippen molar-refractivity contribution in [2.75, 3.05) is 11.9 Å². The van der Waals surface area contributed by atoms with E-state index in [1.165, 1.54) is 6.07 Å². The number of amides is 1. The number of halogens is 11. The molecule has 0 saturated heterocycles. The van der Waals surface area contributed by atoms with Crippen molar-refractivity contribution in [1.29, 1.82) is 0 Å². The van der Waals surface area contributed by atoms with Crippen LogP contribution in [0.2, 0.25) is 0 Å². The van der Waals surface area contributed by atoms with Crippen LogP contribution in [0, 0.1) is 0 Å². The Balaban J connectivity index is 3.09. The van der Waals surface area contributed by atoms with Gasteiger partial charge in [-0.2, -0.15) is 48.3 Å². The molecule has 0 fully saturated rings. The lowest BCUT2D eigenvalue weighted by Crippen LogP contribution is -2.61. The van der Waals surface area contributed by atoms with Crippen molar-refractivity contribution < 1.29 is 62.6 Å². The third-order valence-electron chi connectivity index (χ3n) is 4.15. The minimum Gasteiger partial charge on any atom is -0.449 e. The van der Waals surface area contributed by atoms with E-state index >= 15 is 0 Å². The molecule has 1 N–H and O–H groups in total. The van der Waals surface area contributed by atoms with Gasteiger partial charge in [0.1, 0.15) is 0 Å². The molecule has 0 aromatic heterocycles. The molecule has 0 aliphatic rings. The Morgan fingerprint density at radius 1 is 0.882 bits per heavy atom. The number of carbonyl (C=O) groups is 1. The first kappa shape index (κ1) is 29.3. The highest BCUT2D eigenvalue weighted by Gasteiger charge is 2.83. The van der Waals surface area contributed by atoms with Gasteiger partial charge in [-0.05, 0) is 18.6 Å². The fourth-order valence-corrected chi connectivity index (χ4v) is 2.28. The zero-order chi connectivity index (χ0) is 26.4. The number of carbonyl (C=O) groups excluding carboxylic acids is 1. The summed E-state index contributed by atoms with van der Waals surface area (Å²) in [5, 5.41) is 1.96. The van der Waals surface area contributed by atoms with Crippen LogP contribution in [-0.4, -0.2) is 36.6 Å². The number of ether oxygens (including phenoxy) is 2. The van der Waals surface area contributed by atoms with E-state index in [1.807, 2.05) is 12.2 Å². The summed E-state index contributed by atoms with van der Waals surface area (Å²) in [6.45, 7) is 1.88. The third-order valence-corrected chi connectivity index (χ3v) is 4.15. The number of rotatable bonds is 11. The second-order valence-corrected chi connectivity index (χ2v) is 6.73. The average molecular weight is 517 g/mol. The molecule has 0 saturated carbocycles. The minimum absolute atomic E-state index is 0.0491. The second-order valence-electron chi connectivity index (χ2n) is 6.73. The summed E-state index contributed by atoms with van der Waals surface area (Å²) in [7, 11) is 0. The van der Waals surface area contributed by atoms with Crippen molar-refractivity contribution in [3.63, 3.8) is 0 Å². The Morgan fingerprint density at radius 3 is 2.03 bits per heavy atom. The normalized spacial score (nSPS) is 13.9. The summed E-state index contributed by atoms with van der Waals surface area (Å²) >= 11 is 0. The maximum absolute atomic E-state index is 13.8. The summed E-state index contributed by atoms with van der Waals surface area (Å²) in [5.74, 6) is -26.9. The standard InChI is InChI=1S/C19H18F11NO3/c1-2-3-4-7-10-33-15(32)31-11-8-5-6-9-12(11)34-14(21)13(20)16(22,23)17(24,25)18(26,27)19(28,29)30/h5-6,8-9H,2-4,7,10H2,1H3,(H,31,32). The van der Waals surface area contributed by atoms with E-state index in [0.717, 1.165) is 31.4 Å². The molecule has 0 aliphatic heterocycles. The first-order valence-corrected chi connectivity index (χ1v) is 9.47. The first-order chi connectivity index (χ1) is 15.5. The number of benzene rings is 1. The van der Waals surface area contributed by atoms with Gasteiger partial charge in [0.2, 0.25) is 5.83 Å². The fraction of sp³-hybridized carbons (Fsp3) is 0.526. The maximum Gasteiger partial charge on any atom is 0.460 e. The predicted molar refractivity (Wildman–Crippen MR) is 96.3 cm³/mol. The molecule has 1 rings (SSSR count). The average Bonchev–Trinajstić information content (AvgIpc) is 2.73. The molecule has 0 radical (unpaired) electrons. The van der Waals surface area contributed by atoms with Gasteiger partial charge in [-0.1, -0.05) is 38.3 Å². The Kier molecular flexibility index (Phi) is 9.58. The number of hydrogen-bond donors (Lipinski definition) is 1. The Bertz CT molecular complexity index is 869. The molecule has 15 heteroatoms. The molecule has 0 atom stereocenters. The van der Waals surface area contributed by atoms with Crippen LogP contribution in [0.5, 0.6) is 5.75 Å². The lowest BCUT2D eigenvalue weighted by Gasteiger charge is -2.32. The zero-order valence-electron chi connectivity index (χ0n) is 17.2. The van der Waals surface area contributed by atoms with Crippen molar-refractivity contribution in [3.8, 4) is 5.75 Å². The molecular formula is C19H18F11NO3. The van der Waals surface area contributed by atoms with E-state index in [4.69, 9.17) is 4.74 Å². The maximum atomic E-state index is 13.8. The molecule has 1 aromatic rings. The van der Waals surface area contributed by atoms with Crippen LogP contribution in [0.3, 0.4) is 0 Å². The van der Waals surface area contributed by atoms with Gasteiger partial charge in [-0.25, -0.2) is 4.79 Å². The number of anilines is 1. The minimum atomic E-state index is -7.43. The summed E-state index contributed by atoms with van der Waals surface area (Å²) in [5.41, 5.74) is -0.556. The smallest absolute Gasteiger partial charge is 0.449 e. The van der Waals surface area contributed by atoms with Crippen molar-refractivity contribution in [1.82, 2.24) is 0 Å². The van der Waals surface area contributed by atoms with Gasteiger partial charge in [0.05, 0.1) is 12.3 Å². The molecule has 0 unspecified atom stereocenters. The molecule has 34 heavy (non-hydrogen) atoms. The molecule has 0 aliphatic carbocycles. The highest BCUT2D eigenvalue weighted by molar-refractivity contribution is 5.86. The van der Waals surface area contributed by atoms with E-state index in [2.05, 4.69) is 4.74 Å². The van der Waals surface area contributed by atoms with Gasteiger partial charge < -0.3 is 9.47 Å². The lowest BCUT2D eigenvalue weighted by molar-refractivity contribution is -0.392. The summed E-state index contributed by atoms with van der Waals surface area (Å²) in [6.07, 6.45) is -5.41. The van der Waals surface area contributed by atoms with Crippen LogP contribution in [0.25, 0.3) is 0 Å². The molecular weight excluding hydrogens is 499 g/mol. The fourth-order valence-electron chi connectivity index (χ4n) is 2.28. The molecule has 0 spiro atoms. The van der Waals surface area contributed by atoms with Crippen LogP contribution >= 0.6 is 0 Å². The predicted octanol–water partition coefficient (Wildman–Crippen LogP) is 7.77. The molecule has 4 nitrogen and oxygen atoms in total. The molecule has 0 heterocycles. The number of hydrogen-bond acceptors (Lipinski definition) is 3. The van der Waals surface area contributed by atoms with E-state index < -0.39 is 53.3 Å². The highest BCUT2D eigenvalue weighted by atomic mass is 19.4. The van der Waals surface area contributed by atoms with Gasteiger partial charge in [0.15, 0.2) is 5.75 Å². The van der Waals surface area contributed by atoms with Crippen LogP contribution in [0.1, 0.15) is 32.6 Å². The molecule has 194 valence electrons. The van der Waals surface area contributed by atoms with Crippen molar-refractivity contribution in [2.24, 2.45) is 0 Å². The van der Waals surface area contributed by atoms with Crippen LogP contribution < -0.4 is 10.1 Å². The zero-order valence-corrected chi connectivity index (χ0v) is 17.2. The van der Waals surface area contributed by atoms with Crippen molar-refractivity contribution >= 4 is 11.8 Å². The first-order valence-electron chi connectivity index (χ1n) is 9.47. The van der Waals surface area contributed by atoms with E-state index in [0.29, 0.717) is 12.5 Å². The van der Waals surface area contributed by atoms with E-state index in [1.54, 1.807) is 0 Å². The Labute approximate surface area is 185 Å². The molecule has 0 bridgehead atoms. The number of para-hydroxylation sites is 2. The summed E-state index contributed by atoms with van der Waals surface area (Å²) in [4.78, 5) is 11.7. The third kappa shape index (κ3) is 6.44. The van der Waals surface area contributed by atoms with Gasteiger partial charge in [-0.15, -0.1) is 0 Å². The number of alkyl halides is 9. The van der Waals surface area contributed by atoms with Crippen molar-refractivity contribution in [3.05, 3.63) is 36.1 Å². The monoisotopic (exact) mass is 517 g/mol. The summed E-state index contributed by atoms with van der Waals surface area (Å²) in [6, 6.07) is 0.610. The van der Waals surface area contributed by atoms with Crippen LogP contribution in [0.4, 0.5) is 58.8 Å². The largest absolute Gasteiger partial charge is 0.460 e. The van der Waals surface area contributed by atoms with Gasteiger partial charge in [0, 0.05) is 0 Å². The van der Waals surface area contributed by atoms with Crippen LogP contribution in [-0.2, 0) is 4.74 Å². The topological polar surface area (TPSA) is 47.6 Å². The Morgan fingerprint density at radius 2 is 1.47 bits per heavy atom. The quantitative estimate of drug-likeness (QED) is 0.185. The highest BCUT2D eigenvalue weighted by Crippen LogP contribution is 2.55. The SMILES string of the molecule is CCCCCCOC(=O)Nc1ccccc1OC(F)=C(F)C(F)(F)C(F)(F)C(F)(F)C(F)(F)F. The van der Waals surface area contributed by atoms with Crippen LogP contribution in [0.15, 0.2) is 36.1 Å². The van der Waals surface area contributed by atoms with E-state index in [-0.39, 0.29) is 6.61 Å². The number of nitrogens with one attached hydrogen (secondary N) is 1. The lowest BCUT2D eigenvalue weighted by atomic mass is 10.0. The number of unbranched alkanes of at least 4 members (excludes halogenated alkanes) is 3. The van der Waals surface area contributed by atoms with E-state index in [9.17, 15) is 53.1 Å². The van der Waals surface area contributed by atoms with Gasteiger partial charge in [-0.3, -0.25) is 5.32 Å². The number of allylic oxidation sites excluding steroid dienone is 1. The van der Waals surface area contributed by atoms with Crippen molar-refractivity contribution in [2.45, 2.75) is 56.6 Å². The van der Waals surface area contributed by atoms with Gasteiger partial charge >= 0.3 is 36.1 Å². The molecule has 1 amide bonds.